The summed E-state index contributed by atoms with van der Waals surface area (Å²) < 4.78 is 2.30. The Morgan fingerprint density at radius 3 is 2.72 bits per heavy atom. The third-order valence-electron chi connectivity index (χ3n) is 4.44. The van der Waals surface area contributed by atoms with Crippen LogP contribution in [0.5, 0.6) is 0 Å². The van der Waals surface area contributed by atoms with Crippen molar-refractivity contribution in [2.45, 2.75) is 64.6 Å². The molecule has 1 aromatic rings. The number of aromatic nitrogens is 2. The zero-order valence-electron chi connectivity index (χ0n) is 11.4. The Morgan fingerprint density at radius 1 is 1.22 bits per heavy atom. The van der Waals surface area contributed by atoms with E-state index in [4.69, 9.17) is 0 Å². The Hall–Kier alpha value is -0.830. The summed E-state index contributed by atoms with van der Waals surface area (Å²) in [6, 6.07) is 0.773. The van der Waals surface area contributed by atoms with Crippen LogP contribution in [0, 0.1) is 11.8 Å². The molecule has 3 nitrogen and oxygen atoms in total. The Morgan fingerprint density at radius 2 is 2.00 bits per heavy atom. The van der Waals surface area contributed by atoms with Crippen molar-refractivity contribution < 1.29 is 0 Å². The minimum Gasteiger partial charge on any atom is -0.337 e. The highest BCUT2D eigenvalue weighted by atomic mass is 15.1. The van der Waals surface area contributed by atoms with Gasteiger partial charge in [-0.2, -0.15) is 0 Å². The van der Waals surface area contributed by atoms with Crippen LogP contribution < -0.4 is 5.32 Å². The van der Waals surface area contributed by atoms with E-state index < -0.39 is 0 Å². The topological polar surface area (TPSA) is 29.9 Å². The zero-order valence-corrected chi connectivity index (χ0v) is 11.4. The molecule has 0 saturated heterocycles. The average Bonchev–Trinajstić information content (AvgIpc) is 3.10. The van der Waals surface area contributed by atoms with E-state index >= 15 is 0 Å². The van der Waals surface area contributed by atoms with Crippen LogP contribution in [0.25, 0.3) is 0 Å². The lowest BCUT2D eigenvalue weighted by atomic mass is 9.83. The molecule has 0 radical (unpaired) electrons. The minimum absolute atomic E-state index is 0.773. The molecule has 1 heterocycles. The van der Waals surface area contributed by atoms with Crippen LogP contribution in [0.4, 0.5) is 0 Å². The number of hydrogen-bond acceptors (Lipinski definition) is 2. The van der Waals surface area contributed by atoms with Gasteiger partial charge in [0.25, 0.3) is 0 Å². The fourth-order valence-corrected chi connectivity index (χ4v) is 2.94. The van der Waals surface area contributed by atoms with E-state index in [1.54, 1.807) is 0 Å². The van der Waals surface area contributed by atoms with E-state index in [-0.39, 0.29) is 0 Å². The van der Waals surface area contributed by atoms with Crippen LogP contribution in [0.15, 0.2) is 12.5 Å². The lowest BCUT2D eigenvalue weighted by molar-refractivity contribution is 0.264. The molecule has 0 unspecified atom stereocenters. The average molecular weight is 247 g/mol. The highest BCUT2D eigenvalue weighted by molar-refractivity contribution is 4.98. The molecule has 0 aromatic carbocycles. The predicted molar refractivity (Wildman–Crippen MR) is 73.2 cm³/mol. The fourth-order valence-electron chi connectivity index (χ4n) is 2.94. The molecule has 0 spiro atoms. The minimum atomic E-state index is 0.773. The van der Waals surface area contributed by atoms with E-state index in [1.807, 2.05) is 6.33 Å². The summed E-state index contributed by atoms with van der Waals surface area (Å²) in [7, 11) is 0. The third-order valence-corrected chi connectivity index (χ3v) is 4.44. The highest BCUT2D eigenvalue weighted by Gasteiger charge is 2.21. The van der Waals surface area contributed by atoms with Crippen molar-refractivity contribution in [2.75, 3.05) is 0 Å². The van der Waals surface area contributed by atoms with Crippen LogP contribution >= 0.6 is 0 Å². The molecule has 18 heavy (non-hydrogen) atoms. The van der Waals surface area contributed by atoms with Crippen LogP contribution in [0.2, 0.25) is 0 Å². The van der Waals surface area contributed by atoms with Crippen LogP contribution in [0.3, 0.4) is 0 Å². The Kier molecular flexibility index (Phi) is 3.69. The quantitative estimate of drug-likeness (QED) is 0.867. The van der Waals surface area contributed by atoms with Crippen molar-refractivity contribution in [3.63, 3.8) is 0 Å². The second-order valence-corrected chi connectivity index (χ2v) is 6.34. The van der Waals surface area contributed by atoms with Gasteiger partial charge in [0.15, 0.2) is 0 Å². The summed E-state index contributed by atoms with van der Waals surface area (Å²) in [6.45, 7) is 4.50. The molecule has 2 fully saturated rings. The number of nitrogens with zero attached hydrogens (tertiary/aromatic N) is 2. The van der Waals surface area contributed by atoms with Gasteiger partial charge >= 0.3 is 0 Å². The predicted octanol–water partition coefficient (Wildman–Crippen LogP) is 2.96. The van der Waals surface area contributed by atoms with Crippen molar-refractivity contribution in [2.24, 2.45) is 11.8 Å². The standard InChI is InChI=1S/C15H25N3/c1-12-2-4-13(5-3-12)9-18-10-15(17-11-18)8-16-14-6-7-14/h10-14,16H,2-9H2,1H3. The van der Waals surface area contributed by atoms with E-state index in [9.17, 15) is 0 Å². The number of hydrogen-bond donors (Lipinski definition) is 1. The van der Waals surface area contributed by atoms with Crippen molar-refractivity contribution in [1.82, 2.24) is 14.9 Å². The molecule has 2 aliphatic carbocycles. The van der Waals surface area contributed by atoms with Crippen molar-refractivity contribution in [3.05, 3.63) is 18.2 Å². The maximum atomic E-state index is 4.50. The van der Waals surface area contributed by atoms with Crippen LogP contribution in [0.1, 0.15) is 51.1 Å². The van der Waals surface area contributed by atoms with Gasteiger partial charge in [-0.25, -0.2) is 4.98 Å². The van der Waals surface area contributed by atoms with Crippen molar-refractivity contribution in [3.8, 4) is 0 Å². The number of nitrogens with one attached hydrogen (secondary N) is 1. The molecule has 1 N–H and O–H groups in total. The van der Waals surface area contributed by atoms with Crippen molar-refractivity contribution in [1.29, 1.82) is 0 Å². The van der Waals surface area contributed by atoms with Gasteiger partial charge in [0, 0.05) is 25.3 Å². The molecule has 3 heteroatoms. The first-order valence-corrected chi connectivity index (χ1v) is 7.53. The second kappa shape index (κ2) is 5.43. The van der Waals surface area contributed by atoms with E-state index in [0.29, 0.717) is 0 Å². The summed E-state index contributed by atoms with van der Waals surface area (Å²) in [5.41, 5.74) is 1.20. The second-order valence-electron chi connectivity index (χ2n) is 6.34. The summed E-state index contributed by atoms with van der Waals surface area (Å²) in [6.07, 6.45) is 12.6. The summed E-state index contributed by atoms with van der Waals surface area (Å²) in [5, 5.41) is 3.52. The largest absolute Gasteiger partial charge is 0.337 e. The van der Waals surface area contributed by atoms with Gasteiger partial charge in [0.2, 0.25) is 0 Å². The monoisotopic (exact) mass is 247 g/mol. The fraction of sp³-hybridized carbons (Fsp3) is 0.800. The Bertz CT molecular complexity index is 373. The molecule has 100 valence electrons. The zero-order chi connectivity index (χ0) is 12.4. The van der Waals surface area contributed by atoms with Crippen molar-refractivity contribution >= 4 is 0 Å². The van der Waals surface area contributed by atoms with Gasteiger partial charge in [-0.3, -0.25) is 0 Å². The smallest absolute Gasteiger partial charge is 0.0950 e. The molecule has 0 amide bonds. The van der Waals surface area contributed by atoms with Gasteiger partial charge in [-0.15, -0.1) is 0 Å². The van der Waals surface area contributed by atoms with E-state index in [0.717, 1.165) is 24.4 Å². The Balaban J connectivity index is 1.46. The first-order valence-electron chi connectivity index (χ1n) is 7.53. The molecule has 2 saturated carbocycles. The normalized spacial score (nSPS) is 28.5. The van der Waals surface area contributed by atoms with Gasteiger partial charge in [-0.1, -0.05) is 19.8 Å². The van der Waals surface area contributed by atoms with Gasteiger partial charge in [0.1, 0.15) is 0 Å². The summed E-state index contributed by atoms with van der Waals surface area (Å²) >= 11 is 0. The third kappa shape index (κ3) is 3.35. The van der Waals surface area contributed by atoms with Crippen LogP contribution in [-0.4, -0.2) is 15.6 Å². The number of imidazole rings is 1. The van der Waals surface area contributed by atoms with Crippen LogP contribution in [-0.2, 0) is 13.1 Å². The first-order chi connectivity index (χ1) is 8.79. The molecular formula is C15H25N3. The highest BCUT2D eigenvalue weighted by Crippen LogP contribution is 2.29. The maximum Gasteiger partial charge on any atom is 0.0950 e. The summed E-state index contributed by atoms with van der Waals surface area (Å²) in [4.78, 5) is 4.50. The van der Waals surface area contributed by atoms with E-state index in [2.05, 4.69) is 28.0 Å². The summed E-state index contributed by atoms with van der Waals surface area (Å²) in [5.74, 6) is 1.82. The molecule has 1 aromatic heterocycles. The van der Waals surface area contributed by atoms with Gasteiger partial charge in [0.05, 0.1) is 12.0 Å². The molecule has 0 atom stereocenters. The molecule has 2 aliphatic rings. The van der Waals surface area contributed by atoms with E-state index in [1.165, 1.54) is 50.8 Å². The maximum absolute atomic E-state index is 4.50. The van der Waals surface area contributed by atoms with Gasteiger partial charge in [-0.05, 0) is 37.5 Å². The SMILES string of the molecule is CC1CCC(Cn2cnc(CNC3CC3)c2)CC1. The van der Waals surface area contributed by atoms with Gasteiger partial charge < -0.3 is 9.88 Å². The number of rotatable bonds is 5. The lowest BCUT2D eigenvalue weighted by Crippen LogP contribution is -2.17. The molecular weight excluding hydrogens is 222 g/mol. The molecule has 0 bridgehead atoms. The Labute approximate surface area is 110 Å². The lowest BCUT2D eigenvalue weighted by Gasteiger charge is -2.26. The molecule has 3 rings (SSSR count). The first kappa shape index (κ1) is 12.2. The molecule has 0 aliphatic heterocycles.